The summed E-state index contributed by atoms with van der Waals surface area (Å²) in [7, 11) is 1.52. The summed E-state index contributed by atoms with van der Waals surface area (Å²) in [5.74, 6) is -0.543. The summed E-state index contributed by atoms with van der Waals surface area (Å²) in [6, 6.07) is 15.5. The average molecular weight is 488 g/mol. The smallest absolute Gasteiger partial charge is 0.260 e. The van der Waals surface area contributed by atoms with Crippen molar-refractivity contribution in [1.29, 1.82) is 10.7 Å². The van der Waals surface area contributed by atoms with Crippen LogP contribution in [0.5, 0.6) is 17.4 Å². The van der Waals surface area contributed by atoms with Gasteiger partial charge in [-0.2, -0.15) is 5.26 Å². The Labute approximate surface area is 210 Å². The van der Waals surface area contributed by atoms with Crippen LogP contribution in [0.4, 0.5) is 0 Å². The number of ether oxygens (including phenoxy) is 3. The molecule has 2 heterocycles. The van der Waals surface area contributed by atoms with E-state index in [1.54, 1.807) is 17.0 Å². The Balaban J connectivity index is 1.73. The van der Waals surface area contributed by atoms with Gasteiger partial charge in [0.05, 0.1) is 24.4 Å². The SMILES string of the molecule is CCN(CC)C(=O)COc1ccc(C2c3c(n[nH]c3-c3ccc(C)cc3)OC(=N)C2C#N)cc1OC. The van der Waals surface area contributed by atoms with Crippen LogP contribution in [0.1, 0.15) is 36.5 Å². The molecule has 0 spiro atoms. The zero-order valence-electron chi connectivity index (χ0n) is 20.8. The molecule has 2 aromatic carbocycles. The summed E-state index contributed by atoms with van der Waals surface area (Å²) < 4.78 is 17.0. The Hall–Kier alpha value is -4.32. The third kappa shape index (κ3) is 4.62. The van der Waals surface area contributed by atoms with Gasteiger partial charge in [-0.05, 0) is 44.0 Å². The lowest BCUT2D eigenvalue weighted by Crippen LogP contribution is -2.34. The number of nitrogens with one attached hydrogen (secondary N) is 2. The van der Waals surface area contributed by atoms with E-state index in [-0.39, 0.29) is 24.3 Å². The number of hydrogen-bond acceptors (Lipinski definition) is 7. The van der Waals surface area contributed by atoms with E-state index in [0.29, 0.717) is 30.2 Å². The highest BCUT2D eigenvalue weighted by molar-refractivity contribution is 5.86. The maximum atomic E-state index is 12.4. The normalized spacial score (nSPS) is 16.5. The van der Waals surface area contributed by atoms with Gasteiger partial charge in [-0.15, -0.1) is 5.10 Å². The number of carbonyl (C=O) groups excluding carboxylic acids is 1. The molecule has 9 nitrogen and oxygen atoms in total. The third-order valence-corrected chi connectivity index (χ3v) is 6.40. The number of benzene rings is 2. The quantitative estimate of drug-likeness (QED) is 0.489. The first kappa shape index (κ1) is 24.8. The number of nitriles is 1. The number of amides is 1. The van der Waals surface area contributed by atoms with Crippen LogP contribution < -0.4 is 14.2 Å². The molecule has 0 aliphatic carbocycles. The zero-order valence-corrected chi connectivity index (χ0v) is 20.8. The molecule has 1 aliphatic rings. The van der Waals surface area contributed by atoms with Gasteiger partial charge in [-0.3, -0.25) is 15.3 Å². The number of methoxy groups -OCH3 is 1. The predicted molar refractivity (Wildman–Crippen MR) is 134 cm³/mol. The number of aromatic nitrogens is 2. The van der Waals surface area contributed by atoms with E-state index in [9.17, 15) is 10.1 Å². The van der Waals surface area contributed by atoms with E-state index in [2.05, 4.69) is 16.3 Å². The number of fused-ring (bicyclic) bond motifs is 1. The van der Waals surface area contributed by atoms with Crippen LogP contribution in [-0.4, -0.2) is 53.7 Å². The molecule has 4 rings (SSSR count). The van der Waals surface area contributed by atoms with Gasteiger partial charge >= 0.3 is 0 Å². The van der Waals surface area contributed by atoms with Gasteiger partial charge in [0, 0.05) is 19.0 Å². The van der Waals surface area contributed by atoms with Gasteiger partial charge in [0.15, 0.2) is 18.1 Å². The van der Waals surface area contributed by atoms with E-state index in [0.717, 1.165) is 22.4 Å². The minimum atomic E-state index is -0.861. The maximum Gasteiger partial charge on any atom is 0.260 e. The minimum Gasteiger partial charge on any atom is -0.493 e. The van der Waals surface area contributed by atoms with Crippen LogP contribution >= 0.6 is 0 Å². The third-order valence-electron chi connectivity index (χ3n) is 6.40. The molecule has 186 valence electrons. The minimum absolute atomic E-state index is 0.108. The summed E-state index contributed by atoms with van der Waals surface area (Å²) in [6.45, 7) is 6.96. The molecule has 1 aliphatic heterocycles. The van der Waals surface area contributed by atoms with E-state index in [1.165, 1.54) is 7.11 Å². The highest BCUT2D eigenvalue weighted by Crippen LogP contribution is 2.47. The van der Waals surface area contributed by atoms with E-state index in [1.807, 2.05) is 51.1 Å². The summed E-state index contributed by atoms with van der Waals surface area (Å²) in [6.07, 6.45) is 0. The second-order valence-corrected chi connectivity index (χ2v) is 8.50. The van der Waals surface area contributed by atoms with Crippen LogP contribution in [0.2, 0.25) is 0 Å². The molecule has 0 saturated heterocycles. The summed E-state index contributed by atoms with van der Waals surface area (Å²) in [5.41, 5.74) is 4.19. The largest absolute Gasteiger partial charge is 0.493 e. The maximum absolute atomic E-state index is 12.4. The Morgan fingerprint density at radius 1 is 1.19 bits per heavy atom. The number of hydrogen-bond donors (Lipinski definition) is 2. The molecule has 2 N–H and O–H groups in total. The van der Waals surface area contributed by atoms with E-state index >= 15 is 0 Å². The van der Waals surface area contributed by atoms with Gasteiger partial charge in [-0.25, -0.2) is 0 Å². The van der Waals surface area contributed by atoms with Crippen LogP contribution in [0, 0.1) is 29.6 Å². The van der Waals surface area contributed by atoms with Gasteiger partial charge in [-0.1, -0.05) is 35.9 Å². The van der Waals surface area contributed by atoms with Crippen molar-refractivity contribution in [3.63, 3.8) is 0 Å². The summed E-state index contributed by atoms with van der Waals surface area (Å²) >= 11 is 0. The molecule has 0 fully saturated rings. The number of H-pyrrole nitrogens is 1. The van der Waals surface area contributed by atoms with Crippen LogP contribution in [0.3, 0.4) is 0 Å². The Morgan fingerprint density at radius 3 is 2.56 bits per heavy atom. The second-order valence-electron chi connectivity index (χ2n) is 8.50. The topological polar surface area (TPSA) is 124 Å². The lowest BCUT2D eigenvalue weighted by molar-refractivity contribution is -0.132. The number of likely N-dealkylation sites (N-methyl/N-ethyl adjacent to an activating group) is 1. The van der Waals surface area contributed by atoms with Crippen molar-refractivity contribution in [1.82, 2.24) is 15.1 Å². The number of aryl methyl sites for hydroxylation is 1. The fourth-order valence-corrected chi connectivity index (χ4v) is 4.42. The fourth-order valence-electron chi connectivity index (χ4n) is 4.42. The zero-order chi connectivity index (χ0) is 25.8. The highest BCUT2D eigenvalue weighted by atomic mass is 16.5. The number of nitrogens with zero attached hydrogens (tertiary/aromatic N) is 3. The Kier molecular flexibility index (Phi) is 7.25. The first-order valence-corrected chi connectivity index (χ1v) is 11.8. The molecule has 0 bridgehead atoms. The molecule has 1 aromatic heterocycles. The molecule has 3 aromatic rings. The van der Waals surface area contributed by atoms with Crippen molar-refractivity contribution in [2.75, 3.05) is 26.8 Å². The molecule has 2 unspecified atom stereocenters. The van der Waals surface area contributed by atoms with Crippen molar-refractivity contribution >= 4 is 11.8 Å². The van der Waals surface area contributed by atoms with Crippen molar-refractivity contribution < 1.29 is 19.0 Å². The number of rotatable bonds is 8. The van der Waals surface area contributed by atoms with Gasteiger partial charge < -0.3 is 19.1 Å². The van der Waals surface area contributed by atoms with Gasteiger partial charge in [0.25, 0.3) is 5.91 Å². The molecular weight excluding hydrogens is 458 g/mol. The van der Waals surface area contributed by atoms with Gasteiger partial charge in [0.1, 0.15) is 5.92 Å². The first-order chi connectivity index (χ1) is 17.4. The molecule has 1 amide bonds. The van der Waals surface area contributed by atoms with Crippen LogP contribution in [0.15, 0.2) is 42.5 Å². The lowest BCUT2D eigenvalue weighted by Gasteiger charge is -2.28. The monoisotopic (exact) mass is 487 g/mol. The first-order valence-electron chi connectivity index (χ1n) is 11.8. The lowest BCUT2D eigenvalue weighted by atomic mass is 9.78. The predicted octanol–water partition coefficient (Wildman–Crippen LogP) is 4.28. The molecule has 0 saturated carbocycles. The van der Waals surface area contributed by atoms with E-state index < -0.39 is 11.8 Å². The van der Waals surface area contributed by atoms with E-state index in [4.69, 9.17) is 19.6 Å². The molecule has 0 radical (unpaired) electrons. The Bertz CT molecular complexity index is 1300. The standard InChI is InChI=1S/C27H29N5O4/c1-5-32(6-2)22(33)15-35-20-12-11-18(13-21(20)34-4)23-19(14-28)26(29)36-27-24(23)25(30-31-27)17-9-7-16(3)8-10-17/h7-13,19,23,29H,5-6,15H2,1-4H3,(H,30,31). The fraction of sp³-hybridized carbons (Fsp3) is 0.333. The molecule has 36 heavy (non-hydrogen) atoms. The molecule has 9 heteroatoms. The van der Waals surface area contributed by atoms with Gasteiger partial charge in [0.2, 0.25) is 11.8 Å². The van der Waals surface area contributed by atoms with Crippen molar-refractivity contribution in [2.24, 2.45) is 5.92 Å². The molecular formula is C27H29N5O4. The number of aromatic amines is 1. The van der Waals surface area contributed by atoms with Crippen molar-refractivity contribution in [3.05, 3.63) is 59.2 Å². The van der Waals surface area contributed by atoms with Crippen LogP contribution in [-0.2, 0) is 4.79 Å². The second kappa shape index (κ2) is 10.5. The molecule has 2 atom stereocenters. The Morgan fingerprint density at radius 2 is 1.92 bits per heavy atom. The average Bonchev–Trinajstić information content (AvgIpc) is 3.30. The van der Waals surface area contributed by atoms with Crippen LogP contribution in [0.25, 0.3) is 11.3 Å². The van der Waals surface area contributed by atoms with Crippen molar-refractivity contribution in [3.8, 4) is 34.7 Å². The highest BCUT2D eigenvalue weighted by Gasteiger charge is 2.41. The van der Waals surface area contributed by atoms with Crippen molar-refractivity contribution in [2.45, 2.75) is 26.7 Å². The number of carbonyl (C=O) groups is 1. The summed E-state index contributed by atoms with van der Waals surface area (Å²) in [5, 5.41) is 25.6. The summed E-state index contributed by atoms with van der Waals surface area (Å²) in [4.78, 5) is 14.1.